The molecule has 1 N–H and O–H groups in total. The molecule has 0 bridgehead atoms. The molecular formula is C15H16N4O2. The number of para-hydroxylation sites is 1. The minimum Gasteiger partial charge on any atom is -0.423 e. The van der Waals surface area contributed by atoms with Crippen LogP contribution >= 0.6 is 0 Å². The van der Waals surface area contributed by atoms with Crippen molar-refractivity contribution in [2.75, 3.05) is 0 Å². The van der Waals surface area contributed by atoms with Crippen LogP contribution in [-0.2, 0) is 20.0 Å². The number of carbonyl (C=O) groups excluding carboxylic acids is 1. The molecule has 6 nitrogen and oxygen atoms in total. The Bertz CT molecular complexity index is 788. The van der Waals surface area contributed by atoms with E-state index in [1.165, 1.54) is 0 Å². The van der Waals surface area contributed by atoms with Crippen molar-refractivity contribution in [2.45, 2.75) is 19.9 Å². The number of nitrogens with one attached hydrogen (secondary N) is 1. The zero-order valence-electron chi connectivity index (χ0n) is 12.0. The highest BCUT2D eigenvalue weighted by molar-refractivity contribution is 6.06. The van der Waals surface area contributed by atoms with Crippen molar-refractivity contribution in [3.8, 4) is 0 Å². The number of hydrogen-bond acceptors (Lipinski definition) is 4. The third kappa shape index (κ3) is 2.52. The summed E-state index contributed by atoms with van der Waals surface area (Å²) in [4.78, 5) is 12.3. The summed E-state index contributed by atoms with van der Waals surface area (Å²) in [5.74, 6) is 0.841. The number of benzene rings is 1. The third-order valence-electron chi connectivity index (χ3n) is 3.35. The van der Waals surface area contributed by atoms with Crippen LogP contribution in [0.15, 0.2) is 34.9 Å². The molecule has 3 aromatic rings. The predicted octanol–water partition coefficient (Wildman–Crippen LogP) is 2.05. The van der Waals surface area contributed by atoms with Gasteiger partial charge in [-0.2, -0.15) is 0 Å². The van der Waals surface area contributed by atoms with E-state index in [1.54, 1.807) is 0 Å². The number of aryl methyl sites for hydroxylation is 2. The quantitative estimate of drug-likeness (QED) is 0.796. The van der Waals surface area contributed by atoms with Crippen LogP contribution in [0.4, 0.5) is 0 Å². The Hall–Kier alpha value is -2.63. The van der Waals surface area contributed by atoms with Crippen LogP contribution in [0.5, 0.6) is 0 Å². The Balaban J connectivity index is 1.78. The lowest BCUT2D eigenvalue weighted by Crippen LogP contribution is -2.22. The van der Waals surface area contributed by atoms with Crippen molar-refractivity contribution < 1.29 is 9.21 Å². The number of aromatic nitrogens is 3. The molecule has 0 spiro atoms. The maximum Gasteiger partial charge on any atom is 0.253 e. The van der Waals surface area contributed by atoms with Crippen molar-refractivity contribution in [3.05, 3.63) is 47.8 Å². The number of fused-ring (bicyclic) bond motifs is 1. The molecule has 0 atom stereocenters. The fourth-order valence-corrected chi connectivity index (χ4v) is 2.28. The standard InChI is InChI=1S/C15H16N4O2/c1-3-13-17-18-14(21-13)8-16-15(20)11-9-19(2)12-7-5-4-6-10(11)12/h4-7,9H,3,8H2,1-2H3,(H,16,20). The molecule has 21 heavy (non-hydrogen) atoms. The lowest BCUT2D eigenvalue weighted by atomic mass is 10.1. The van der Waals surface area contributed by atoms with Crippen LogP contribution < -0.4 is 5.32 Å². The van der Waals surface area contributed by atoms with E-state index in [-0.39, 0.29) is 12.5 Å². The van der Waals surface area contributed by atoms with E-state index in [2.05, 4.69) is 15.5 Å². The van der Waals surface area contributed by atoms with Crippen LogP contribution in [0.2, 0.25) is 0 Å². The summed E-state index contributed by atoms with van der Waals surface area (Å²) in [6.07, 6.45) is 2.51. The van der Waals surface area contributed by atoms with Gasteiger partial charge in [0.15, 0.2) is 0 Å². The summed E-state index contributed by atoms with van der Waals surface area (Å²) in [6, 6.07) is 7.79. The number of nitrogens with zero attached hydrogens (tertiary/aromatic N) is 3. The molecule has 2 heterocycles. The first-order chi connectivity index (χ1) is 10.2. The van der Waals surface area contributed by atoms with Gasteiger partial charge in [0.1, 0.15) is 0 Å². The SMILES string of the molecule is CCc1nnc(CNC(=O)c2cn(C)c3ccccc23)o1. The van der Waals surface area contributed by atoms with Crippen molar-refractivity contribution in [2.24, 2.45) is 7.05 Å². The van der Waals surface area contributed by atoms with E-state index in [9.17, 15) is 4.79 Å². The van der Waals surface area contributed by atoms with E-state index < -0.39 is 0 Å². The fraction of sp³-hybridized carbons (Fsp3) is 0.267. The molecular weight excluding hydrogens is 268 g/mol. The first-order valence-corrected chi connectivity index (χ1v) is 6.82. The maximum atomic E-state index is 12.3. The first-order valence-electron chi connectivity index (χ1n) is 6.82. The van der Waals surface area contributed by atoms with Gasteiger partial charge in [0, 0.05) is 30.6 Å². The largest absolute Gasteiger partial charge is 0.423 e. The molecule has 6 heteroatoms. The van der Waals surface area contributed by atoms with Crippen LogP contribution in [0.25, 0.3) is 10.9 Å². The van der Waals surface area contributed by atoms with Crippen molar-refractivity contribution in [3.63, 3.8) is 0 Å². The summed E-state index contributed by atoms with van der Waals surface area (Å²) in [5.41, 5.74) is 1.66. The second-order valence-corrected chi connectivity index (χ2v) is 4.80. The first kappa shape index (κ1) is 13.4. The van der Waals surface area contributed by atoms with E-state index in [0.29, 0.717) is 23.8 Å². The molecule has 1 amide bonds. The minimum atomic E-state index is -0.150. The average Bonchev–Trinajstić information content (AvgIpc) is 3.10. The molecule has 0 aliphatic heterocycles. The molecule has 1 aromatic carbocycles. The van der Waals surface area contributed by atoms with E-state index in [1.807, 2.05) is 49.0 Å². The Labute approximate surface area is 121 Å². The summed E-state index contributed by atoms with van der Waals surface area (Å²) in [7, 11) is 1.92. The average molecular weight is 284 g/mol. The van der Waals surface area contributed by atoms with E-state index in [4.69, 9.17) is 4.42 Å². The van der Waals surface area contributed by atoms with Crippen molar-refractivity contribution in [1.82, 2.24) is 20.1 Å². The number of amides is 1. The van der Waals surface area contributed by atoms with Crippen LogP contribution in [0.1, 0.15) is 29.1 Å². The molecule has 108 valence electrons. The molecule has 0 saturated carbocycles. The number of rotatable bonds is 4. The minimum absolute atomic E-state index is 0.150. The van der Waals surface area contributed by atoms with Gasteiger partial charge in [-0.3, -0.25) is 4.79 Å². The van der Waals surface area contributed by atoms with Gasteiger partial charge in [-0.05, 0) is 6.07 Å². The molecule has 0 aliphatic carbocycles. The number of carbonyl (C=O) groups is 1. The Morgan fingerprint density at radius 3 is 2.81 bits per heavy atom. The summed E-state index contributed by atoms with van der Waals surface area (Å²) < 4.78 is 7.31. The zero-order valence-corrected chi connectivity index (χ0v) is 12.0. The van der Waals surface area contributed by atoms with E-state index >= 15 is 0 Å². The Morgan fingerprint density at radius 1 is 1.29 bits per heavy atom. The Morgan fingerprint density at radius 2 is 2.05 bits per heavy atom. The normalized spacial score (nSPS) is 11.0. The second kappa shape index (κ2) is 5.40. The van der Waals surface area contributed by atoms with Gasteiger partial charge in [0.2, 0.25) is 11.8 Å². The topological polar surface area (TPSA) is 73.0 Å². The highest BCUT2D eigenvalue weighted by Crippen LogP contribution is 2.20. The fourth-order valence-electron chi connectivity index (χ4n) is 2.28. The monoisotopic (exact) mass is 284 g/mol. The molecule has 2 aromatic heterocycles. The van der Waals surface area contributed by atoms with Gasteiger partial charge in [0.25, 0.3) is 5.91 Å². The third-order valence-corrected chi connectivity index (χ3v) is 3.35. The van der Waals surface area contributed by atoms with Crippen LogP contribution in [-0.4, -0.2) is 20.7 Å². The zero-order chi connectivity index (χ0) is 14.8. The molecule has 3 rings (SSSR count). The lowest BCUT2D eigenvalue weighted by Gasteiger charge is -2.00. The van der Waals surface area contributed by atoms with Gasteiger partial charge in [-0.15, -0.1) is 10.2 Å². The van der Waals surface area contributed by atoms with Gasteiger partial charge < -0.3 is 14.3 Å². The lowest BCUT2D eigenvalue weighted by molar-refractivity contribution is 0.0948. The van der Waals surface area contributed by atoms with Gasteiger partial charge in [-0.1, -0.05) is 25.1 Å². The Kier molecular flexibility index (Phi) is 3.43. The molecule has 0 aliphatic rings. The van der Waals surface area contributed by atoms with Crippen LogP contribution in [0, 0.1) is 0 Å². The predicted molar refractivity (Wildman–Crippen MR) is 77.8 cm³/mol. The van der Waals surface area contributed by atoms with E-state index in [0.717, 1.165) is 10.9 Å². The highest BCUT2D eigenvalue weighted by Gasteiger charge is 2.14. The van der Waals surface area contributed by atoms with Gasteiger partial charge in [0.05, 0.1) is 12.1 Å². The van der Waals surface area contributed by atoms with Gasteiger partial charge in [-0.25, -0.2) is 0 Å². The molecule has 0 unspecified atom stereocenters. The summed E-state index contributed by atoms with van der Waals surface area (Å²) in [5, 5.41) is 11.5. The highest BCUT2D eigenvalue weighted by atomic mass is 16.4. The van der Waals surface area contributed by atoms with Gasteiger partial charge >= 0.3 is 0 Å². The molecule has 0 saturated heterocycles. The second-order valence-electron chi connectivity index (χ2n) is 4.80. The van der Waals surface area contributed by atoms with Crippen molar-refractivity contribution in [1.29, 1.82) is 0 Å². The van der Waals surface area contributed by atoms with Crippen LogP contribution in [0.3, 0.4) is 0 Å². The summed E-state index contributed by atoms with van der Waals surface area (Å²) >= 11 is 0. The molecule has 0 fully saturated rings. The summed E-state index contributed by atoms with van der Waals surface area (Å²) in [6.45, 7) is 2.17. The maximum absolute atomic E-state index is 12.3. The number of hydrogen-bond donors (Lipinski definition) is 1. The van der Waals surface area contributed by atoms with Crippen molar-refractivity contribution >= 4 is 16.8 Å². The smallest absolute Gasteiger partial charge is 0.253 e. The molecule has 0 radical (unpaired) electrons.